The Bertz CT molecular complexity index is 1340. The van der Waals surface area contributed by atoms with Gasteiger partial charge in [-0.3, -0.25) is 0 Å². The van der Waals surface area contributed by atoms with Crippen LogP contribution < -0.4 is 24.8 Å². The van der Waals surface area contributed by atoms with Gasteiger partial charge in [0.2, 0.25) is 0 Å². The Morgan fingerprint density at radius 1 is 0.531 bits per heavy atom. The first-order valence-corrected chi connectivity index (χ1v) is 11.9. The van der Waals surface area contributed by atoms with Gasteiger partial charge in [-0.25, -0.2) is 0 Å². The maximum absolute atomic E-state index is 3.34. The van der Waals surface area contributed by atoms with E-state index in [-0.39, 0.29) is 24.8 Å². The second kappa shape index (κ2) is 11.7. The summed E-state index contributed by atoms with van der Waals surface area (Å²) in [5, 5.41) is 10.8. The number of fused-ring (bicyclic) bond motifs is 6. The van der Waals surface area contributed by atoms with E-state index in [1.807, 2.05) is 0 Å². The Morgan fingerprint density at radius 2 is 0.906 bits per heavy atom. The summed E-state index contributed by atoms with van der Waals surface area (Å²) in [4.78, 5) is 0. The fourth-order valence-corrected chi connectivity index (χ4v) is 4.23. The van der Waals surface area contributed by atoms with Crippen molar-refractivity contribution in [3.8, 4) is 0 Å². The first-order valence-electron chi connectivity index (χ1n) is 10.1. The molecule has 3 heteroatoms. The van der Waals surface area contributed by atoms with Crippen LogP contribution >= 0.6 is 0 Å². The summed E-state index contributed by atoms with van der Waals surface area (Å²) >= 11 is 1.30. The average molecular weight is 535 g/mol. The summed E-state index contributed by atoms with van der Waals surface area (Å²) < 4.78 is 3.34. The van der Waals surface area contributed by atoms with E-state index >= 15 is 0 Å². The van der Waals surface area contributed by atoms with Gasteiger partial charge < -0.3 is 24.8 Å². The van der Waals surface area contributed by atoms with Crippen molar-refractivity contribution >= 4 is 47.3 Å². The molecule has 0 aromatic heterocycles. The monoisotopic (exact) mass is 532 g/mol. The summed E-state index contributed by atoms with van der Waals surface area (Å²) in [6.45, 7) is 4.30. The minimum absolute atomic E-state index is 0. The molecule has 0 aliphatic rings. The number of rotatable bonds is 0. The summed E-state index contributed by atoms with van der Waals surface area (Å²) in [6, 6.07) is 34.9. The van der Waals surface area contributed by atoms with Crippen molar-refractivity contribution in [2.75, 3.05) is 0 Å². The predicted octanol–water partition coefficient (Wildman–Crippen LogP) is 2.01. The van der Waals surface area contributed by atoms with Gasteiger partial charge in [0, 0.05) is 0 Å². The fraction of sp³-hybridized carbons (Fsp3) is 0.0690. The van der Waals surface area contributed by atoms with E-state index in [1.54, 1.807) is 0 Å². The zero-order valence-corrected chi connectivity index (χ0v) is 22.2. The molecule has 0 saturated carbocycles. The quantitative estimate of drug-likeness (QED) is 0.262. The van der Waals surface area contributed by atoms with Gasteiger partial charge in [0.25, 0.3) is 0 Å². The van der Waals surface area contributed by atoms with Crippen LogP contribution in [0.5, 0.6) is 0 Å². The van der Waals surface area contributed by atoms with Crippen LogP contribution in [-0.4, -0.2) is 4.21 Å². The molecule has 0 N–H and O–H groups in total. The largest absolute Gasteiger partial charge is 1.00 e. The molecule has 0 spiro atoms. The van der Waals surface area contributed by atoms with Crippen molar-refractivity contribution in [3.63, 3.8) is 0 Å². The van der Waals surface area contributed by atoms with E-state index in [0.29, 0.717) is 0 Å². The molecule has 0 aliphatic heterocycles. The molecule has 0 bridgehead atoms. The SMILES string of the molecule is Cc1cc2c(ccc3ccccc32)[cH-]1.Cc1cc2c(ccc3ccccc32)[cH-]1.[CH2]=[Zr+2].[Cl-].[Cl-]. The van der Waals surface area contributed by atoms with Crippen LogP contribution in [0.4, 0.5) is 0 Å². The third-order valence-electron chi connectivity index (χ3n) is 5.52. The number of benzene rings is 4. The maximum atomic E-state index is 3.34. The van der Waals surface area contributed by atoms with Crippen LogP contribution in [0.15, 0.2) is 97.1 Å². The van der Waals surface area contributed by atoms with Crippen LogP contribution in [0, 0.1) is 13.8 Å². The standard InChI is InChI=1S/2C14H11.CH2.2ClH.Zr/c2*1-10-8-12-7-6-11-4-2-3-5-13(11)14(12)9-10;;;;/h2*2-9H,1H3;1H2;2*1H;/q2*-1;;;;+2/p-2. The molecular formula is C29H24Cl2Zr-2. The van der Waals surface area contributed by atoms with Gasteiger partial charge in [-0.05, 0) is 10.8 Å². The third kappa shape index (κ3) is 5.29. The van der Waals surface area contributed by atoms with Crippen LogP contribution in [0.3, 0.4) is 0 Å². The average Bonchev–Trinajstić information content (AvgIpc) is 3.37. The van der Waals surface area contributed by atoms with E-state index in [1.165, 1.54) is 78.5 Å². The van der Waals surface area contributed by atoms with Crippen molar-refractivity contribution in [2.24, 2.45) is 0 Å². The summed E-state index contributed by atoms with van der Waals surface area (Å²) in [5.41, 5.74) is 2.69. The van der Waals surface area contributed by atoms with Gasteiger partial charge in [0.15, 0.2) is 0 Å². The van der Waals surface area contributed by atoms with Crippen molar-refractivity contribution < 1.29 is 49.0 Å². The van der Waals surface area contributed by atoms with Crippen LogP contribution in [0.25, 0.3) is 43.1 Å². The third-order valence-corrected chi connectivity index (χ3v) is 5.52. The van der Waals surface area contributed by atoms with Crippen molar-refractivity contribution in [3.05, 3.63) is 108 Å². The molecule has 6 aromatic carbocycles. The number of hydrogen-bond donors (Lipinski definition) is 0. The van der Waals surface area contributed by atoms with Crippen LogP contribution in [-0.2, 0) is 24.2 Å². The second-order valence-corrected chi connectivity index (χ2v) is 7.64. The zero-order valence-electron chi connectivity index (χ0n) is 18.2. The van der Waals surface area contributed by atoms with Gasteiger partial charge in [-0.15, -0.1) is 56.9 Å². The maximum Gasteiger partial charge on any atom is -1.00 e. The van der Waals surface area contributed by atoms with E-state index < -0.39 is 0 Å². The number of aryl methyl sites for hydroxylation is 2. The molecule has 0 heterocycles. The minimum atomic E-state index is 0. The van der Waals surface area contributed by atoms with Gasteiger partial charge >= 0.3 is 28.4 Å². The van der Waals surface area contributed by atoms with Crippen molar-refractivity contribution in [2.45, 2.75) is 13.8 Å². The smallest absolute Gasteiger partial charge is 1.00 e. The zero-order chi connectivity index (χ0) is 21.1. The predicted molar refractivity (Wildman–Crippen MR) is 131 cm³/mol. The first kappa shape index (κ1) is 26.2. The van der Waals surface area contributed by atoms with Crippen molar-refractivity contribution in [1.82, 2.24) is 0 Å². The normalized spacial score (nSPS) is 10.0. The molecule has 6 aromatic rings. The molecule has 0 amide bonds. The van der Waals surface area contributed by atoms with Gasteiger partial charge in [-0.2, -0.15) is 12.1 Å². The molecule has 32 heavy (non-hydrogen) atoms. The van der Waals surface area contributed by atoms with E-state index in [0.717, 1.165) is 0 Å². The van der Waals surface area contributed by atoms with E-state index in [2.05, 4.69) is 115 Å². The molecule has 0 fully saturated rings. The topological polar surface area (TPSA) is 0 Å². The molecule has 0 atom stereocenters. The van der Waals surface area contributed by atoms with E-state index in [4.69, 9.17) is 0 Å². The first-order chi connectivity index (χ1) is 14.7. The van der Waals surface area contributed by atoms with E-state index in [9.17, 15) is 0 Å². The summed E-state index contributed by atoms with van der Waals surface area (Å²) in [7, 11) is 0. The number of hydrogen-bond acceptors (Lipinski definition) is 0. The molecule has 6 rings (SSSR count). The molecule has 0 nitrogen and oxygen atoms in total. The number of halogens is 2. The van der Waals surface area contributed by atoms with Gasteiger partial charge in [-0.1, -0.05) is 85.3 Å². The van der Waals surface area contributed by atoms with Crippen LogP contribution in [0.2, 0.25) is 0 Å². The van der Waals surface area contributed by atoms with Crippen LogP contribution in [0.1, 0.15) is 11.1 Å². The Morgan fingerprint density at radius 3 is 1.31 bits per heavy atom. The van der Waals surface area contributed by atoms with Gasteiger partial charge in [0.05, 0.1) is 0 Å². The Labute approximate surface area is 217 Å². The molecule has 0 saturated heterocycles. The minimum Gasteiger partial charge on any atom is -1.00 e. The fourth-order valence-electron chi connectivity index (χ4n) is 4.23. The Kier molecular flexibility index (Phi) is 9.59. The summed E-state index contributed by atoms with van der Waals surface area (Å²) in [6.07, 6.45) is 0. The Balaban J connectivity index is 0.000000199. The van der Waals surface area contributed by atoms with Gasteiger partial charge in [0.1, 0.15) is 0 Å². The second-order valence-electron chi connectivity index (χ2n) is 7.64. The molecule has 0 radical (unpaired) electrons. The van der Waals surface area contributed by atoms with Crippen molar-refractivity contribution in [1.29, 1.82) is 0 Å². The molecule has 0 unspecified atom stereocenters. The molecular weight excluding hydrogens is 510 g/mol. The summed E-state index contributed by atoms with van der Waals surface area (Å²) in [5.74, 6) is 0. The Hall–Kier alpha value is -2.05. The molecule has 160 valence electrons. The molecule has 0 aliphatic carbocycles.